The van der Waals surface area contributed by atoms with Gasteiger partial charge in [-0.25, -0.2) is 4.79 Å². The molecule has 2 nitrogen and oxygen atoms in total. The number of rotatable bonds is 7. The van der Waals surface area contributed by atoms with Gasteiger partial charge in [-0.3, -0.25) is 0 Å². The molecule has 0 aromatic rings. The molecule has 0 bridgehead atoms. The van der Waals surface area contributed by atoms with Crippen LogP contribution in [-0.4, -0.2) is 12.6 Å². The summed E-state index contributed by atoms with van der Waals surface area (Å²) >= 11 is 0. The Morgan fingerprint density at radius 2 is 1.93 bits per heavy atom. The molecule has 2 unspecified atom stereocenters. The van der Waals surface area contributed by atoms with E-state index in [9.17, 15) is 4.79 Å². The Bertz CT molecular complexity index is 209. The lowest BCUT2D eigenvalue weighted by Crippen LogP contribution is -2.18. The van der Waals surface area contributed by atoms with E-state index in [1.165, 1.54) is 19.3 Å². The number of hydrogen-bond acceptors (Lipinski definition) is 2. The molecule has 0 aromatic carbocycles. The van der Waals surface area contributed by atoms with Gasteiger partial charge in [0.25, 0.3) is 0 Å². The van der Waals surface area contributed by atoms with Gasteiger partial charge >= 0.3 is 5.97 Å². The van der Waals surface area contributed by atoms with Crippen molar-refractivity contribution in [3.63, 3.8) is 0 Å². The van der Waals surface area contributed by atoms with Crippen LogP contribution in [0.1, 0.15) is 47.0 Å². The van der Waals surface area contributed by atoms with Crippen LogP contribution in [0.2, 0.25) is 0 Å². The third-order valence-electron chi connectivity index (χ3n) is 2.81. The fraction of sp³-hybridized carbons (Fsp3) is 0.769. The second-order valence-electron chi connectivity index (χ2n) is 4.48. The van der Waals surface area contributed by atoms with Gasteiger partial charge in [0.1, 0.15) is 0 Å². The third-order valence-corrected chi connectivity index (χ3v) is 2.81. The summed E-state index contributed by atoms with van der Waals surface area (Å²) in [6.07, 6.45) is 3.69. The third kappa shape index (κ3) is 6.32. The summed E-state index contributed by atoms with van der Waals surface area (Å²) in [5, 5.41) is 0. The van der Waals surface area contributed by atoms with Gasteiger partial charge in [0.05, 0.1) is 6.61 Å². The minimum Gasteiger partial charge on any atom is -0.462 e. The molecule has 88 valence electrons. The monoisotopic (exact) mass is 212 g/mol. The molecule has 0 spiro atoms. The number of hydrogen-bond donors (Lipinski definition) is 0. The summed E-state index contributed by atoms with van der Waals surface area (Å²) in [6, 6.07) is 0. The van der Waals surface area contributed by atoms with Crippen molar-refractivity contribution in [3.05, 3.63) is 12.2 Å². The highest BCUT2D eigenvalue weighted by Gasteiger charge is 2.14. The molecule has 0 rings (SSSR count). The lowest BCUT2D eigenvalue weighted by molar-refractivity contribution is -0.140. The molecule has 0 saturated heterocycles. The van der Waals surface area contributed by atoms with Crippen LogP contribution in [0.25, 0.3) is 0 Å². The first-order chi connectivity index (χ1) is 6.99. The maximum Gasteiger partial charge on any atom is 0.333 e. The van der Waals surface area contributed by atoms with Crippen LogP contribution in [0.15, 0.2) is 12.2 Å². The van der Waals surface area contributed by atoms with Crippen LogP contribution in [0.4, 0.5) is 0 Å². The maximum absolute atomic E-state index is 11.2. The number of esters is 1. The standard InChI is InChI=1S/C13H24O2/c1-6-7-8-11(4)12(5)9-15-13(14)10(2)3/h11-12H,2,6-9H2,1,3-5H3. The molecule has 0 saturated carbocycles. The summed E-state index contributed by atoms with van der Waals surface area (Å²) in [5.41, 5.74) is 0.475. The highest BCUT2D eigenvalue weighted by molar-refractivity contribution is 5.86. The second-order valence-corrected chi connectivity index (χ2v) is 4.48. The van der Waals surface area contributed by atoms with Crippen LogP contribution in [0.5, 0.6) is 0 Å². The number of ether oxygens (including phenoxy) is 1. The minimum atomic E-state index is -0.274. The fourth-order valence-electron chi connectivity index (χ4n) is 1.31. The van der Waals surface area contributed by atoms with Crippen LogP contribution < -0.4 is 0 Å². The molecular formula is C13H24O2. The van der Waals surface area contributed by atoms with E-state index in [1.807, 2.05) is 0 Å². The summed E-state index contributed by atoms with van der Waals surface area (Å²) in [6.45, 7) is 12.3. The Balaban J connectivity index is 3.77. The first-order valence-electron chi connectivity index (χ1n) is 5.81. The molecular weight excluding hydrogens is 188 g/mol. The SMILES string of the molecule is C=C(C)C(=O)OCC(C)C(C)CCCC. The van der Waals surface area contributed by atoms with Crippen molar-refractivity contribution < 1.29 is 9.53 Å². The van der Waals surface area contributed by atoms with Gasteiger partial charge < -0.3 is 4.74 Å². The van der Waals surface area contributed by atoms with E-state index in [0.29, 0.717) is 24.0 Å². The summed E-state index contributed by atoms with van der Waals surface area (Å²) in [5.74, 6) is 0.771. The first kappa shape index (κ1) is 14.2. The van der Waals surface area contributed by atoms with Gasteiger partial charge in [0, 0.05) is 5.57 Å². The van der Waals surface area contributed by atoms with Crippen molar-refractivity contribution in [2.24, 2.45) is 11.8 Å². The van der Waals surface area contributed by atoms with E-state index in [-0.39, 0.29) is 5.97 Å². The molecule has 0 fully saturated rings. The van der Waals surface area contributed by atoms with Crippen LogP contribution in [0, 0.1) is 11.8 Å². The lowest BCUT2D eigenvalue weighted by Gasteiger charge is -2.19. The summed E-state index contributed by atoms with van der Waals surface area (Å²) < 4.78 is 5.13. The molecule has 0 aliphatic heterocycles. The van der Waals surface area contributed by atoms with Crippen LogP contribution in [0.3, 0.4) is 0 Å². The predicted molar refractivity (Wildman–Crippen MR) is 63.6 cm³/mol. The van der Waals surface area contributed by atoms with E-state index >= 15 is 0 Å². The van der Waals surface area contributed by atoms with Crippen molar-refractivity contribution in [2.75, 3.05) is 6.61 Å². The Morgan fingerprint density at radius 1 is 1.33 bits per heavy atom. The molecule has 0 N–H and O–H groups in total. The largest absolute Gasteiger partial charge is 0.462 e. The van der Waals surface area contributed by atoms with Crippen molar-refractivity contribution in [2.45, 2.75) is 47.0 Å². The van der Waals surface area contributed by atoms with Gasteiger partial charge in [0.15, 0.2) is 0 Å². The Hall–Kier alpha value is -0.790. The molecule has 0 heterocycles. The molecule has 0 radical (unpaired) electrons. The number of carbonyl (C=O) groups excluding carboxylic acids is 1. The highest BCUT2D eigenvalue weighted by atomic mass is 16.5. The zero-order valence-electron chi connectivity index (χ0n) is 10.5. The Labute approximate surface area is 93.7 Å². The van der Waals surface area contributed by atoms with E-state index in [0.717, 1.165) is 0 Å². The molecule has 0 aliphatic carbocycles. The Morgan fingerprint density at radius 3 is 2.40 bits per heavy atom. The van der Waals surface area contributed by atoms with E-state index in [2.05, 4.69) is 27.4 Å². The van der Waals surface area contributed by atoms with Crippen molar-refractivity contribution in [1.29, 1.82) is 0 Å². The van der Waals surface area contributed by atoms with Gasteiger partial charge in [0.2, 0.25) is 0 Å². The molecule has 0 aromatic heterocycles. The van der Waals surface area contributed by atoms with E-state index in [1.54, 1.807) is 6.92 Å². The van der Waals surface area contributed by atoms with Crippen molar-refractivity contribution in [3.8, 4) is 0 Å². The van der Waals surface area contributed by atoms with Crippen LogP contribution in [-0.2, 0) is 9.53 Å². The van der Waals surface area contributed by atoms with Gasteiger partial charge in [-0.05, 0) is 18.8 Å². The average Bonchev–Trinajstić information content (AvgIpc) is 2.21. The van der Waals surface area contributed by atoms with Gasteiger partial charge in [-0.2, -0.15) is 0 Å². The van der Waals surface area contributed by atoms with Crippen molar-refractivity contribution in [1.82, 2.24) is 0 Å². The quantitative estimate of drug-likeness (QED) is 0.476. The lowest BCUT2D eigenvalue weighted by atomic mass is 9.92. The maximum atomic E-state index is 11.2. The van der Waals surface area contributed by atoms with E-state index < -0.39 is 0 Å². The average molecular weight is 212 g/mol. The van der Waals surface area contributed by atoms with Gasteiger partial charge in [-0.15, -0.1) is 0 Å². The predicted octanol–water partition coefficient (Wildman–Crippen LogP) is 3.57. The smallest absolute Gasteiger partial charge is 0.333 e. The zero-order chi connectivity index (χ0) is 11.8. The van der Waals surface area contributed by atoms with Crippen molar-refractivity contribution >= 4 is 5.97 Å². The first-order valence-corrected chi connectivity index (χ1v) is 5.81. The number of carbonyl (C=O) groups is 1. The molecule has 2 heteroatoms. The molecule has 15 heavy (non-hydrogen) atoms. The summed E-state index contributed by atoms with van der Waals surface area (Å²) in [4.78, 5) is 11.2. The Kier molecular flexibility index (Phi) is 7.10. The highest BCUT2D eigenvalue weighted by Crippen LogP contribution is 2.18. The normalized spacial score (nSPS) is 14.4. The molecule has 0 aliphatic rings. The summed E-state index contributed by atoms with van der Waals surface area (Å²) in [7, 11) is 0. The fourth-order valence-corrected chi connectivity index (χ4v) is 1.31. The van der Waals surface area contributed by atoms with Crippen LogP contribution >= 0.6 is 0 Å². The topological polar surface area (TPSA) is 26.3 Å². The van der Waals surface area contributed by atoms with Gasteiger partial charge in [-0.1, -0.05) is 46.6 Å². The number of unbranched alkanes of at least 4 members (excludes halogenated alkanes) is 1. The zero-order valence-corrected chi connectivity index (χ0v) is 10.5. The minimum absolute atomic E-state index is 0.274. The molecule has 0 amide bonds. The second kappa shape index (κ2) is 7.49. The van der Waals surface area contributed by atoms with E-state index in [4.69, 9.17) is 4.74 Å². The molecule has 2 atom stereocenters.